The molecule has 0 fully saturated rings. The van der Waals surface area contributed by atoms with Gasteiger partial charge in [-0.2, -0.15) is 0 Å². The van der Waals surface area contributed by atoms with E-state index in [4.69, 9.17) is 9.72 Å². The molecule has 24 heavy (non-hydrogen) atoms. The van der Waals surface area contributed by atoms with E-state index in [0.29, 0.717) is 0 Å². The minimum atomic E-state index is -0.676. The maximum absolute atomic E-state index is 10.8. The largest absolute Gasteiger partial charge is 0.388 e. The predicted molar refractivity (Wildman–Crippen MR) is 93.2 cm³/mol. The van der Waals surface area contributed by atoms with Gasteiger partial charge in [-0.1, -0.05) is 30.3 Å². The number of aromatic nitrogens is 2. The zero-order valence-electron chi connectivity index (χ0n) is 14.0. The summed E-state index contributed by atoms with van der Waals surface area (Å²) in [6, 6.07) is 11.7. The molecular formula is C19H21N3O2. The van der Waals surface area contributed by atoms with Gasteiger partial charge in [-0.05, 0) is 25.5 Å². The van der Waals surface area contributed by atoms with Gasteiger partial charge in [0.2, 0.25) is 0 Å². The van der Waals surface area contributed by atoms with Crippen molar-refractivity contribution in [3.05, 3.63) is 65.1 Å². The van der Waals surface area contributed by atoms with E-state index >= 15 is 0 Å². The van der Waals surface area contributed by atoms with Crippen LogP contribution in [0, 0.1) is 13.8 Å². The summed E-state index contributed by atoms with van der Waals surface area (Å²) in [5, 5.41) is 14.3. The zero-order chi connectivity index (χ0) is 16.8. The van der Waals surface area contributed by atoms with E-state index in [0.717, 1.165) is 33.8 Å². The summed E-state index contributed by atoms with van der Waals surface area (Å²) in [5.41, 5.74) is 5.89. The first-order valence-electron chi connectivity index (χ1n) is 8.12. The van der Waals surface area contributed by atoms with E-state index in [1.807, 2.05) is 49.5 Å². The van der Waals surface area contributed by atoms with Crippen LogP contribution < -0.4 is 5.32 Å². The summed E-state index contributed by atoms with van der Waals surface area (Å²) in [6.07, 6.45) is 0.922. The molecule has 0 saturated carbocycles. The minimum Gasteiger partial charge on any atom is -0.388 e. The highest BCUT2D eigenvalue weighted by Crippen LogP contribution is 2.42. The minimum absolute atomic E-state index is 0.243. The molecule has 124 valence electrons. The standard InChI is InChI=1S/C19H21N3O2/c1-11-12(2)22-10-9-14-16(19(22)20-11)21-15(17(23)18(14)24-3)13-7-5-4-6-8-13/h4-10,15,17-18,21,23H,1-3H3/t15-,17-,18+/m1/s1. The van der Waals surface area contributed by atoms with Gasteiger partial charge in [0.1, 0.15) is 12.2 Å². The summed E-state index contributed by atoms with van der Waals surface area (Å²) in [7, 11) is 1.64. The molecule has 3 aromatic rings. The Morgan fingerprint density at radius 2 is 1.92 bits per heavy atom. The molecule has 1 aliphatic rings. The first-order valence-corrected chi connectivity index (χ1v) is 8.12. The molecular weight excluding hydrogens is 302 g/mol. The van der Waals surface area contributed by atoms with Gasteiger partial charge in [0.05, 0.1) is 17.4 Å². The van der Waals surface area contributed by atoms with Crippen LogP contribution in [0.5, 0.6) is 0 Å². The number of anilines is 1. The van der Waals surface area contributed by atoms with Crippen molar-refractivity contribution in [3.63, 3.8) is 0 Å². The average molecular weight is 323 g/mol. The second kappa shape index (κ2) is 5.61. The molecule has 1 aliphatic heterocycles. The Hall–Kier alpha value is -2.37. The highest BCUT2D eigenvalue weighted by Gasteiger charge is 2.37. The third-order valence-corrected chi connectivity index (χ3v) is 4.97. The van der Waals surface area contributed by atoms with Crippen LogP contribution in [0.1, 0.15) is 34.7 Å². The molecule has 3 atom stereocenters. The number of hydrogen-bond donors (Lipinski definition) is 2. The molecule has 0 radical (unpaired) electrons. The van der Waals surface area contributed by atoms with Crippen molar-refractivity contribution in [2.75, 3.05) is 12.4 Å². The van der Waals surface area contributed by atoms with Gasteiger partial charge >= 0.3 is 0 Å². The van der Waals surface area contributed by atoms with Crippen LogP contribution in [0.25, 0.3) is 5.65 Å². The molecule has 5 nitrogen and oxygen atoms in total. The summed E-state index contributed by atoms with van der Waals surface area (Å²) in [6.45, 7) is 4.07. The Morgan fingerprint density at radius 3 is 2.62 bits per heavy atom. The first kappa shape index (κ1) is 15.2. The number of rotatable bonds is 2. The van der Waals surface area contributed by atoms with E-state index in [1.165, 1.54) is 0 Å². The van der Waals surface area contributed by atoms with Crippen LogP contribution in [0.3, 0.4) is 0 Å². The van der Waals surface area contributed by atoms with E-state index in [-0.39, 0.29) is 6.04 Å². The van der Waals surface area contributed by atoms with E-state index in [2.05, 4.69) is 16.6 Å². The number of nitrogens with one attached hydrogen (secondary N) is 1. The Morgan fingerprint density at radius 1 is 1.17 bits per heavy atom. The normalized spacial score (nSPS) is 23.1. The van der Waals surface area contributed by atoms with Crippen molar-refractivity contribution in [2.24, 2.45) is 0 Å². The number of benzene rings is 1. The van der Waals surface area contributed by atoms with Crippen LogP contribution in [0.15, 0.2) is 42.6 Å². The molecule has 2 N–H and O–H groups in total. The lowest BCUT2D eigenvalue weighted by molar-refractivity contribution is -0.0268. The highest BCUT2D eigenvalue weighted by atomic mass is 16.5. The van der Waals surface area contributed by atoms with Crippen LogP contribution in [0.4, 0.5) is 5.69 Å². The monoisotopic (exact) mass is 323 g/mol. The van der Waals surface area contributed by atoms with Gasteiger partial charge in [0.15, 0.2) is 5.65 Å². The second-order valence-electron chi connectivity index (χ2n) is 6.30. The first-order chi connectivity index (χ1) is 11.6. The molecule has 0 saturated heterocycles. The fraction of sp³-hybridized carbons (Fsp3) is 0.316. The van der Waals surface area contributed by atoms with Gasteiger partial charge in [-0.3, -0.25) is 0 Å². The van der Waals surface area contributed by atoms with Crippen molar-refractivity contribution in [2.45, 2.75) is 32.1 Å². The number of ether oxygens (including phenoxy) is 1. The molecule has 0 spiro atoms. The Labute approximate surface area is 140 Å². The van der Waals surface area contributed by atoms with Crippen LogP contribution in [-0.4, -0.2) is 27.7 Å². The number of imidazole rings is 1. The number of methoxy groups -OCH3 is 1. The van der Waals surface area contributed by atoms with Crippen molar-refractivity contribution >= 4 is 11.3 Å². The molecule has 1 aromatic carbocycles. The van der Waals surface area contributed by atoms with Crippen molar-refractivity contribution < 1.29 is 9.84 Å². The summed E-state index contributed by atoms with van der Waals surface area (Å²) in [4.78, 5) is 4.71. The van der Waals surface area contributed by atoms with Gasteiger partial charge in [-0.25, -0.2) is 4.98 Å². The van der Waals surface area contributed by atoms with Crippen molar-refractivity contribution in [1.82, 2.24) is 9.38 Å². The SMILES string of the molecule is CO[C@H]1c2ccn3c(C)c(C)nc3c2N[C@H](c2ccccc2)[C@H]1O. The molecule has 0 aliphatic carbocycles. The topological polar surface area (TPSA) is 58.8 Å². The van der Waals surface area contributed by atoms with Gasteiger partial charge in [0.25, 0.3) is 0 Å². The molecule has 4 rings (SSSR count). The smallest absolute Gasteiger partial charge is 0.161 e. The van der Waals surface area contributed by atoms with Crippen LogP contribution >= 0.6 is 0 Å². The number of aliphatic hydroxyl groups excluding tert-OH is 1. The quantitative estimate of drug-likeness (QED) is 0.760. The second-order valence-corrected chi connectivity index (χ2v) is 6.30. The van der Waals surface area contributed by atoms with Crippen LogP contribution in [0.2, 0.25) is 0 Å². The van der Waals surface area contributed by atoms with Gasteiger partial charge < -0.3 is 19.6 Å². The number of fused-ring (bicyclic) bond motifs is 3. The molecule has 0 unspecified atom stereocenters. The molecule has 0 amide bonds. The van der Waals surface area contributed by atoms with Crippen molar-refractivity contribution in [3.8, 4) is 0 Å². The number of nitrogens with zero attached hydrogens (tertiary/aromatic N) is 2. The number of aliphatic hydroxyl groups is 1. The van der Waals surface area contributed by atoms with E-state index in [1.54, 1.807) is 7.11 Å². The molecule has 3 heterocycles. The molecule has 0 bridgehead atoms. The Balaban J connectivity index is 1.91. The summed E-state index contributed by atoms with van der Waals surface area (Å²) >= 11 is 0. The highest BCUT2D eigenvalue weighted by molar-refractivity contribution is 5.75. The van der Waals surface area contributed by atoms with Crippen molar-refractivity contribution in [1.29, 1.82) is 0 Å². The predicted octanol–water partition coefficient (Wildman–Crippen LogP) is 3.17. The summed E-state index contributed by atoms with van der Waals surface area (Å²) in [5.74, 6) is 0. The number of pyridine rings is 1. The maximum atomic E-state index is 10.8. The van der Waals surface area contributed by atoms with Gasteiger partial charge in [0, 0.05) is 24.6 Å². The third-order valence-electron chi connectivity index (χ3n) is 4.97. The lowest BCUT2D eigenvalue weighted by Gasteiger charge is -2.37. The average Bonchev–Trinajstić information content (AvgIpc) is 2.90. The lowest BCUT2D eigenvalue weighted by Crippen LogP contribution is -2.37. The molecule has 5 heteroatoms. The van der Waals surface area contributed by atoms with E-state index in [9.17, 15) is 5.11 Å². The molecule has 2 aromatic heterocycles. The number of aryl methyl sites for hydroxylation is 2. The zero-order valence-corrected chi connectivity index (χ0v) is 14.0. The fourth-order valence-electron chi connectivity index (χ4n) is 3.54. The number of hydrogen-bond acceptors (Lipinski definition) is 4. The maximum Gasteiger partial charge on any atom is 0.161 e. The lowest BCUT2D eigenvalue weighted by atomic mass is 9.89. The Bertz CT molecular complexity index is 889. The van der Waals surface area contributed by atoms with E-state index < -0.39 is 12.2 Å². The third kappa shape index (κ3) is 2.12. The van der Waals surface area contributed by atoms with Gasteiger partial charge in [-0.15, -0.1) is 0 Å². The Kier molecular flexibility index (Phi) is 3.55. The fourth-order valence-corrected chi connectivity index (χ4v) is 3.54. The summed E-state index contributed by atoms with van der Waals surface area (Å²) < 4.78 is 7.72. The van der Waals surface area contributed by atoms with Crippen LogP contribution in [-0.2, 0) is 4.74 Å².